The van der Waals surface area contributed by atoms with Crippen LogP contribution in [0.1, 0.15) is 25.7 Å². The quantitative estimate of drug-likeness (QED) is 0.758. The van der Waals surface area contributed by atoms with Crippen LogP contribution in [0.15, 0.2) is 0 Å². The van der Waals surface area contributed by atoms with Crippen LogP contribution in [0, 0.1) is 0 Å². The van der Waals surface area contributed by atoms with Gasteiger partial charge in [-0.3, -0.25) is 0 Å². The predicted octanol–water partition coefficient (Wildman–Crippen LogP) is 2.05. The van der Waals surface area contributed by atoms with Gasteiger partial charge in [-0.25, -0.2) is 0 Å². The van der Waals surface area contributed by atoms with E-state index >= 15 is 0 Å². The van der Waals surface area contributed by atoms with Crippen molar-refractivity contribution in [1.29, 1.82) is 0 Å². The van der Waals surface area contributed by atoms with Gasteiger partial charge in [0.1, 0.15) is 6.54 Å². The Kier molecular flexibility index (Phi) is 2.79. The van der Waals surface area contributed by atoms with Crippen LogP contribution < -0.4 is 5.32 Å². The molecule has 0 spiro atoms. The lowest BCUT2D eigenvalue weighted by Gasteiger charge is -2.26. The maximum absolute atomic E-state index is 12.3. The van der Waals surface area contributed by atoms with Gasteiger partial charge in [0.05, 0.1) is 0 Å². The van der Waals surface area contributed by atoms with E-state index in [2.05, 4.69) is 5.32 Å². The fourth-order valence-electron chi connectivity index (χ4n) is 1.43. The highest BCUT2D eigenvalue weighted by Gasteiger charge is 2.40. The molecule has 6 heteroatoms. The van der Waals surface area contributed by atoms with E-state index in [0.717, 1.165) is 25.7 Å². The molecule has 0 aromatic rings. The number of thiocarbonyl (C=S) groups is 1. The van der Waals surface area contributed by atoms with Crippen molar-refractivity contribution in [3.8, 4) is 0 Å². The number of halogens is 3. The van der Waals surface area contributed by atoms with Crippen molar-refractivity contribution in [3.05, 3.63) is 0 Å². The first-order chi connectivity index (χ1) is 6.96. The first-order valence-corrected chi connectivity index (χ1v) is 5.50. The summed E-state index contributed by atoms with van der Waals surface area (Å²) >= 11 is 4.99. The van der Waals surface area contributed by atoms with Gasteiger partial charge in [0, 0.05) is 12.1 Å². The third kappa shape index (κ3) is 3.52. The van der Waals surface area contributed by atoms with Crippen LogP contribution in [-0.4, -0.2) is 34.8 Å². The van der Waals surface area contributed by atoms with E-state index < -0.39 is 12.7 Å². The van der Waals surface area contributed by atoms with Crippen molar-refractivity contribution in [2.75, 3.05) is 6.54 Å². The second kappa shape index (κ2) is 3.81. The Labute approximate surface area is 91.8 Å². The van der Waals surface area contributed by atoms with E-state index in [4.69, 9.17) is 12.2 Å². The van der Waals surface area contributed by atoms with Crippen LogP contribution in [0.2, 0.25) is 0 Å². The summed E-state index contributed by atoms with van der Waals surface area (Å²) in [6.07, 6.45) is -0.488. The molecule has 86 valence electrons. The Hall–Kier alpha value is -0.520. The molecule has 2 fully saturated rings. The molecule has 1 N–H and O–H groups in total. The first kappa shape index (κ1) is 11.0. The zero-order chi connectivity index (χ0) is 11.1. The molecule has 2 aliphatic carbocycles. The largest absolute Gasteiger partial charge is 0.406 e. The van der Waals surface area contributed by atoms with Crippen molar-refractivity contribution in [3.63, 3.8) is 0 Å². The lowest BCUT2D eigenvalue weighted by molar-refractivity contribution is -0.138. The Morgan fingerprint density at radius 1 is 1.27 bits per heavy atom. The highest BCUT2D eigenvalue weighted by Crippen LogP contribution is 2.31. The van der Waals surface area contributed by atoms with Crippen LogP contribution in [0.25, 0.3) is 0 Å². The van der Waals surface area contributed by atoms with E-state index in [9.17, 15) is 13.2 Å². The Bertz CT molecular complexity index is 259. The summed E-state index contributed by atoms with van der Waals surface area (Å²) in [4.78, 5) is 1.29. The van der Waals surface area contributed by atoms with Gasteiger partial charge in [-0.05, 0) is 37.9 Å². The van der Waals surface area contributed by atoms with Crippen LogP contribution >= 0.6 is 12.2 Å². The lowest BCUT2D eigenvalue weighted by Crippen LogP contribution is -2.46. The van der Waals surface area contributed by atoms with E-state index in [1.54, 1.807) is 0 Å². The van der Waals surface area contributed by atoms with Crippen LogP contribution in [0.3, 0.4) is 0 Å². The second-order valence-electron chi connectivity index (χ2n) is 4.20. The van der Waals surface area contributed by atoms with Gasteiger partial charge in [-0.15, -0.1) is 0 Å². The second-order valence-corrected chi connectivity index (χ2v) is 4.58. The van der Waals surface area contributed by atoms with Gasteiger partial charge < -0.3 is 10.2 Å². The van der Waals surface area contributed by atoms with Crippen LogP contribution in [0.5, 0.6) is 0 Å². The van der Waals surface area contributed by atoms with E-state index in [0.29, 0.717) is 6.04 Å². The average Bonchev–Trinajstić information content (AvgIpc) is 2.92. The zero-order valence-corrected chi connectivity index (χ0v) is 9.00. The summed E-state index contributed by atoms with van der Waals surface area (Å²) in [6, 6.07) is 0.317. The monoisotopic (exact) mass is 238 g/mol. The SMILES string of the molecule is FC(F)(F)CN(C(=S)NC1CC1)C1CC1. The summed E-state index contributed by atoms with van der Waals surface area (Å²) in [5, 5.41) is 3.23. The Morgan fingerprint density at radius 2 is 1.87 bits per heavy atom. The summed E-state index contributed by atoms with van der Waals surface area (Å²) in [7, 11) is 0. The molecule has 0 radical (unpaired) electrons. The molecule has 0 atom stereocenters. The lowest BCUT2D eigenvalue weighted by atomic mass is 10.5. The number of alkyl halides is 3. The number of hydrogen-bond acceptors (Lipinski definition) is 1. The molecule has 15 heavy (non-hydrogen) atoms. The minimum absolute atomic E-state index is 0.00498. The third-order valence-electron chi connectivity index (χ3n) is 2.50. The normalized spacial score (nSPS) is 21.3. The molecular weight excluding hydrogens is 225 g/mol. The Balaban J connectivity index is 1.89. The van der Waals surface area contributed by atoms with Crippen LogP contribution in [0.4, 0.5) is 13.2 Å². The van der Waals surface area contributed by atoms with Gasteiger partial charge in [0.2, 0.25) is 0 Å². The average molecular weight is 238 g/mol. The molecule has 2 aliphatic rings. The molecule has 0 heterocycles. The molecule has 2 nitrogen and oxygen atoms in total. The minimum Gasteiger partial charge on any atom is -0.360 e. The maximum atomic E-state index is 12.3. The fraction of sp³-hybridized carbons (Fsp3) is 0.889. The smallest absolute Gasteiger partial charge is 0.360 e. The van der Waals surface area contributed by atoms with Crippen molar-refractivity contribution in [1.82, 2.24) is 10.2 Å². The summed E-state index contributed by atoms with van der Waals surface area (Å²) in [5.41, 5.74) is 0. The minimum atomic E-state index is -4.17. The van der Waals surface area contributed by atoms with Gasteiger partial charge in [0.15, 0.2) is 5.11 Å². The first-order valence-electron chi connectivity index (χ1n) is 5.09. The standard InChI is InChI=1S/C9H13F3N2S/c10-9(11,12)5-14(7-3-4-7)8(15)13-6-1-2-6/h6-7H,1-5H2,(H,13,15). The van der Waals surface area contributed by atoms with E-state index in [-0.39, 0.29) is 11.2 Å². The van der Waals surface area contributed by atoms with Crippen LogP contribution in [-0.2, 0) is 0 Å². The van der Waals surface area contributed by atoms with Crippen molar-refractivity contribution in [2.24, 2.45) is 0 Å². The topological polar surface area (TPSA) is 15.3 Å². The summed E-state index contributed by atoms with van der Waals surface area (Å²) in [6.45, 7) is -0.920. The predicted molar refractivity (Wildman–Crippen MR) is 54.5 cm³/mol. The molecule has 0 unspecified atom stereocenters. The van der Waals surface area contributed by atoms with Gasteiger partial charge in [-0.1, -0.05) is 0 Å². The highest BCUT2D eigenvalue weighted by molar-refractivity contribution is 7.80. The maximum Gasteiger partial charge on any atom is 0.406 e. The van der Waals surface area contributed by atoms with Gasteiger partial charge >= 0.3 is 6.18 Å². The highest BCUT2D eigenvalue weighted by atomic mass is 32.1. The van der Waals surface area contributed by atoms with Crippen molar-refractivity contribution >= 4 is 17.3 Å². The molecule has 2 rings (SSSR count). The van der Waals surface area contributed by atoms with Crippen molar-refractivity contribution in [2.45, 2.75) is 43.9 Å². The van der Waals surface area contributed by atoms with E-state index in [1.807, 2.05) is 0 Å². The molecule has 0 saturated heterocycles. The molecule has 0 aromatic carbocycles. The number of nitrogens with zero attached hydrogens (tertiary/aromatic N) is 1. The molecule has 2 saturated carbocycles. The molecule has 0 bridgehead atoms. The number of rotatable bonds is 3. The number of hydrogen-bond donors (Lipinski definition) is 1. The molecule has 0 amide bonds. The summed E-state index contributed by atoms with van der Waals surface area (Å²) < 4.78 is 36.8. The van der Waals surface area contributed by atoms with E-state index in [1.165, 1.54) is 4.90 Å². The molecular formula is C9H13F3N2S. The number of nitrogens with one attached hydrogen (secondary N) is 1. The zero-order valence-electron chi connectivity index (χ0n) is 8.18. The fourth-order valence-corrected chi connectivity index (χ4v) is 1.81. The Morgan fingerprint density at radius 3 is 2.27 bits per heavy atom. The summed E-state index contributed by atoms with van der Waals surface area (Å²) in [5.74, 6) is 0. The van der Waals surface area contributed by atoms with Gasteiger partial charge in [0.25, 0.3) is 0 Å². The molecule has 0 aliphatic heterocycles. The van der Waals surface area contributed by atoms with Crippen molar-refractivity contribution < 1.29 is 13.2 Å². The molecule has 0 aromatic heterocycles. The third-order valence-corrected chi connectivity index (χ3v) is 2.86. The van der Waals surface area contributed by atoms with Gasteiger partial charge in [-0.2, -0.15) is 13.2 Å².